The number of carboxylic acids is 1. The molecule has 5 nitrogen and oxygen atoms in total. The molecule has 0 atom stereocenters. The van der Waals surface area contributed by atoms with E-state index in [0.717, 1.165) is 5.56 Å². The number of carbonyl (C=O) groups excluding carboxylic acids is 1. The van der Waals surface area contributed by atoms with Gasteiger partial charge in [0.15, 0.2) is 0 Å². The highest BCUT2D eigenvalue weighted by molar-refractivity contribution is 5.94. The molecule has 2 aromatic rings. The van der Waals surface area contributed by atoms with Crippen molar-refractivity contribution in [3.05, 3.63) is 70.8 Å². The van der Waals surface area contributed by atoms with Crippen molar-refractivity contribution in [2.45, 2.75) is 57.0 Å². The highest BCUT2D eigenvalue weighted by Crippen LogP contribution is 2.43. The minimum absolute atomic E-state index is 0.109. The molecule has 2 N–H and O–H groups in total. The number of nitrogens with one attached hydrogen (secondary N) is 1. The van der Waals surface area contributed by atoms with Gasteiger partial charge in [0, 0.05) is 17.6 Å². The number of hydrogen-bond donors (Lipinski definition) is 2. The van der Waals surface area contributed by atoms with Gasteiger partial charge >= 0.3 is 5.97 Å². The van der Waals surface area contributed by atoms with Crippen LogP contribution in [0.15, 0.2) is 48.5 Å². The van der Waals surface area contributed by atoms with E-state index in [1.165, 1.54) is 63.6 Å². The minimum Gasteiger partial charge on any atom is -0.478 e. The van der Waals surface area contributed by atoms with Gasteiger partial charge in [0.2, 0.25) is 0 Å². The fourth-order valence-corrected chi connectivity index (χ4v) is 5.05. The zero-order valence-electron chi connectivity index (χ0n) is 17.4. The van der Waals surface area contributed by atoms with Gasteiger partial charge in [0.1, 0.15) is 0 Å². The highest BCUT2D eigenvalue weighted by atomic mass is 16.4. The normalized spacial score (nSPS) is 18.8. The molecule has 0 spiro atoms. The van der Waals surface area contributed by atoms with E-state index in [-0.39, 0.29) is 17.0 Å². The lowest BCUT2D eigenvalue weighted by Gasteiger charge is -2.45. The third kappa shape index (κ3) is 4.26. The Labute approximate surface area is 178 Å². The Hall–Kier alpha value is -2.66. The van der Waals surface area contributed by atoms with Crippen LogP contribution in [0.5, 0.6) is 0 Å². The summed E-state index contributed by atoms with van der Waals surface area (Å²) in [4.78, 5) is 26.2. The molecule has 1 heterocycles. The number of carboxylic acid groups (broad SMARTS) is 1. The molecule has 2 aliphatic rings. The number of carbonyl (C=O) groups is 2. The van der Waals surface area contributed by atoms with Crippen LogP contribution in [0.2, 0.25) is 0 Å². The Bertz CT molecular complexity index is 878. The topological polar surface area (TPSA) is 69.6 Å². The Balaban J connectivity index is 1.43. The monoisotopic (exact) mass is 406 g/mol. The summed E-state index contributed by atoms with van der Waals surface area (Å²) in [6, 6.07) is 14.8. The van der Waals surface area contributed by atoms with Crippen LogP contribution < -0.4 is 5.32 Å². The smallest absolute Gasteiger partial charge is 0.335 e. The SMILES string of the molecule is O=C(O)c1ccc(CNC(=O)c2ccc(C3(N4CCCC4)CCCCC3)cc2)cc1. The van der Waals surface area contributed by atoms with Gasteiger partial charge in [-0.2, -0.15) is 0 Å². The average Bonchev–Trinajstić information content (AvgIpc) is 3.34. The molecule has 0 radical (unpaired) electrons. The first-order valence-corrected chi connectivity index (χ1v) is 11.0. The molecule has 1 aliphatic carbocycles. The summed E-state index contributed by atoms with van der Waals surface area (Å²) in [5.41, 5.74) is 3.28. The Morgan fingerprint density at radius 3 is 2.03 bits per heavy atom. The van der Waals surface area contributed by atoms with Gasteiger partial charge < -0.3 is 10.4 Å². The second-order valence-corrected chi connectivity index (χ2v) is 8.55. The largest absolute Gasteiger partial charge is 0.478 e. The number of benzene rings is 2. The fourth-order valence-electron chi connectivity index (χ4n) is 5.05. The summed E-state index contributed by atoms with van der Waals surface area (Å²) < 4.78 is 0. The lowest BCUT2D eigenvalue weighted by Crippen LogP contribution is -2.46. The minimum atomic E-state index is -0.949. The standard InChI is InChI=1S/C25H30N2O3/c28-23(26-18-19-6-8-21(9-7-19)24(29)30)20-10-12-22(13-11-20)25(14-2-1-3-15-25)27-16-4-5-17-27/h6-13H,1-5,14-18H2,(H,26,28)(H,29,30). The summed E-state index contributed by atoms with van der Waals surface area (Å²) in [5.74, 6) is -1.06. The zero-order valence-corrected chi connectivity index (χ0v) is 17.4. The first-order valence-electron chi connectivity index (χ1n) is 11.0. The summed E-state index contributed by atoms with van der Waals surface area (Å²) in [6.45, 7) is 2.74. The molecular formula is C25H30N2O3. The number of amides is 1. The van der Waals surface area contributed by atoms with Crippen LogP contribution in [0.1, 0.15) is 76.8 Å². The van der Waals surface area contributed by atoms with Crippen LogP contribution in [-0.4, -0.2) is 35.0 Å². The van der Waals surface area contributed by atoms with E-state index in [1.54, 1.807) is 24.3 Å². The van der Waals surface area contributed by atoms with Crippen molar-refractivity contribution in [1.82, 2.24) is 10.2 Å². The Morgan fingerprint density at radius 2 is 1.43 bits per heavy atom. The van der Waals surface area contributed by atoms with Crippen molar-refractivity contribution >= 4 is 11.9 Å². The third-order valence-corrected chi connectivity index (χ3v) is 6.73. The Morgan fingerprint density at radius 1 is 0.833 bits per heavy atom. The first kappa shape index (κ1) is 20.6. The quantitative estimate of drug-likeness (QED) is 0.737. The second kappa shape index (κ2) is 9.00. The van der Waals surface area contributed by atoms with Gasteiger partial charge in [0.25, 0.3) is 5.91 Å². The summed E-state index contributed by atoms with van der Waals surface area (Å²) >= 11 is 0. The molecule has 2 fully saturated rings. The van der Waals surface area contributed by atoms with Crippen molar-refractivity contribution in [3.63, 3.8) is 0 Å². The lowest BCUT2D eigenvalue weighted by molar-refractivity contribution is 0.0696. The maximum atomic E-state index is 12.6. The molecular weight excluding hydrogens is 376 g/mol. The molecule has 0 unspecified atom stereocenters. The van der Waals surface area contributed by atoms with Crippen LogP contribution in [0, 0.1) is 0 Å². The second-order valence-electron chi connectivity index (χ2n) is 8.55. The van der Waals surface area contributed by atoms with Gasteiger partial charge in [-0.05, 0) is 74.2 Å². The highest BCUT2D eigenvalue weighted by Gasteiger charge is 2.40. The van der Waals surface area contributed by atoms with E-state index in [1.807, 2.05) is 12.1 Å². The molecule has 1 aliphatic heterocycles. The first-order chi connectivity index (χ1) is 14.6. The molecule has 2 aromatic carbocycles. The average molecular weight is 407 g/mol. The lowest BCUT2D eigenvalue weighted by atomic mass is 9.75. The van der Waals surface area contributed by atoms with E-state index in [2.05, 4.69) is 22.3 Å². The summed E-state index contributed by atoms with van der Waals surface area (Å²) in [5, 5.41) is 11.9. The van der Waals surface area contributed by atoms with Gasteiger partial charge in [-0.1, -0.05) is 43.5 Å². The summed E-state index contributed by atoms with van der Waals surface area (Å²) in [6.07, 6.45) is 8.88. The number of nitrogens with zero attached hydrogens (tertiary/aromatic N) is 1. The maximum absolute atomic E-state index is 12.6. The van der Waals surface area contributed by atoms with Gasteiger partial charge in [-0.25, -0.2) is 4.79 Å². The third-order valence-electron chi connectivity index (χ3n) is 6.73. The number of aromatic carboxylic acids is 1. The predicted molar refractivity (Wildman–Crippen MR) is 117 cm³/mol. The van der Waals surface area contributed by atoms with E-state index in [4.69, 9.17) is 5.11 Å². The predicted octanol–water partition coefficient (Wildman–Crippen LogP) is 4.57. The van der Waals surface area contributed by atoms with Crippen LogP contribution in [0.4, 0.5) is 0 Å². The van der Waals surface area contributed by atoms with E-state index in [9.17, 15) is 9.59 Å². The van der Waals surface area contributed by atoms with Crippen molar-refractivity contribution < 1.29 is 14.7 Å². The molecule has 0 bridgehead atoms. The molecule has 0 aromatic heterocycles. The van der Waals surface area contributed by atoms with Crippen LogP contribution in [0.3, 0.4) is 0 Å². The molecule has 5 heteroatoms. The molecule has 30 heavy (non-hydrogen) atoms. The van der Waals surface area contributed by atoms with Gasteiger partial charge in [-0.15, -0.1) is 0 Å². The molecule has 1 saturated heterocycles. The molecule has 1 amide bonds. The van der Waals surface area contributed by atoms with E-state index < -0.39 is 5.97 Å². The van der Waals surface area contributed by atoms with Gasteiger partial charge in [0.05, 0.1) is 5.56 Å². The maximum Gasteiger partial charge on any atom is 0.335 e. The molecule has 158 valence electrons. The summed E-state index contributed by atoms with van der Waals surface area (Å²) in [7, 11) is 0. The van der Waals surface area contributed by atoms with Crippen LogP contribution in [-0.2, 0) is 12.1 Å². The van der Waals surface area contributed by atoms with E-state index in [0.29, 0.717) is 12.1 Å². The van der Waals surface area contributed by atoms with Crippen molar-refractivity contribution in [2.24, 2.45) is 0 Å². The van der Waals surface area contributed by atoms with Crippen molar-refractivity contribution in [2.75, 3.05) is 13.1 Å². The molecule has 1 saturated carbocycles. The number of rotatable bonds is 6. The zero-order chi connectivity index (χ0) is 21.0. The van der Waals surface area contributed by atoms with Crippen molar-refractivity contribution in [3.8, 4) is 0 Å². The van der Waals surface area contributed by atoms with Crippen molar-refractivity contribution in [1.29, 1.82) is 0 Å². The Kier molecular flexibility index (Phi) is 6.18. The number of likely N-dealkylation sites (tertiary alicyclic amines) is 1. The van der Waals surface area contributed by atoms with Crippen LogP contribution >= 0.6 is 0 Å². The number of hydrogen-bond acceptors (Lipinski definition) is 3. The fraction of sp³-hybridized carbons (Fsp3) is 0.440. The van der Waals surface area contributed by atoms with E-state index >= 15 is 0 Å². The molecule has 4 rings (SSSR count). The van der Waals surface area contributed by atoms with Gasteiger partial charge in [-0.3, -0.25) is 9.69 Å². The van der Waals surface area contributed by atoms with Crippen LogP contribution in [0.25, 0.3) is 0 Å².